The van der Waals surface area contributed by atoms with E-state index < -0.39 is 12.1 Å². The fraction of sp³-hybridized carbons (Fsp3) is 0.333. The normalized spacial score (nSPS) is 17.9. The van der Waals surface area contributed by atoms with Crippen LogP contribution in [0, 0.1) is 0 Å². The van der Waals surface area contributed by atoms with E-state index in [4.69, 9.17) is 9.84 Å². The molecule has 1 heterocycles. The average molecular weight is 235 g/mol. The number of benzene rings is 1. The summed E-state index contributed by atoms with van der Waals surface area (Å²) in [6.07, 6.45) is 0.0653. The highest BCUT2D eigenvalue weighted by Gasteiger charge is 2.25. The molecule has 0 aliphatic carbocycles. The lowest BCUT2D eigenvalue weighted by Crippen LogP contribution is -2.36. The van der Waals surface area contributed by atoms with Gasteiger partial charge in [0.1, 0.15) is 5.75 Å². The number of ether oxygens (including phenoxy) is 1. The van der Waals surface area contributed by atoms with Gasteiger partial charge in [0.2, 0.25) is 0 Å². The molecule has 0 fully saturated rings. The average Bonchev–Trinajstić information content (AvgIpc) is 2.27. The Balaban J connectivity index is 2.26. The molecule has 17 heavy (non-hydrogen) atoms. The predicted octanol–water partition coefficient (Wildman–Crippen LogP) is 1.42. The van der Waals surface area contributed by atoms with E-state index >= 15 is 0 Å². The van der Waals surface area contributed by atoms with Crippen LogP contribution in [0.2, 0.25) is 0 Å². The summed E-state index contributed by atoms with van der Waals surface area (Å²) in [6.45, 7) is 1.87. The minimum atomic E-state index is -0.903. The van der Waals surface area contributed by atoms with Gasteiger partial charge < -0.3 is 15.2 Å². The van der Waals surface area contributed by atoms with Gasteiger partial charge >= 0.3 is 5.97 Å². The van der Waals surface area contributed by atoms with Crippen molar-refractivity contribution in [1.29, 1.82) is 0 Å². The number of anilines is 1. The summed E-state index contributed by atoms with van der Waals surface area (Å²) in [7, 11) is 0. The number of rotatable bonds is 3. The standard InChI is InChI=1S/C12H13NO4/c1-2-9-12(16)13-8-5-7(6-11(14)15)3-4-10(8)17-9/h3-5,9H,2,6H2,1H3,(H,13,16)(H,14,15). The van der Waals surface area contributed by atoms with Gasteiger partial charge in [-0.1, -0.05) is 13.0 Å². The molecule has 1 amide bonds. The van der Waals surface area contributed by atoms with E-state index in [0.29, 0.717) is 23.4 Å². The number of hydrogen-bond donors (Lipinski definition) is 2. The Morgan fingerprint density at radius 3 is 2.94 bits per heavy atom. The molecule has 0 saturated carbocycles. The quantitative estimate of drug-likeness (QED) is 0.830. The van der Waals surface area contributed by atoms with Gasteiger partial charge in [-0.25, -0.2) is 0 Å². The Bertz CT molecular complexity index is 470. The first kappa shape index (κ1) is 11.4. The van der Waals surface area contributed by atoms with E-state index in [-0.39, 0.29) is 12.3 Å². The lowest BCUT2D eigenvalue weighted by molar-refractivity contribution is -0.136. The van der Waals surface area contributed by atoms with Gasteiger partial charge in [0, 0.05) is 0 Å². The van der Waals surface area contributed by atoms with Crippen LogP contribution >= 0.6 is 0 Å². The van der Waals surface area contributed by atoms with Crippen molar-refractivity contribution in [3.63, 3.8) is 0 Å². The first-order chi connectivity index (χ1) is 8.10. The van der Waals surface area contributed by atoms with Crippen LogP contribution in [0.5, 0.6) is 5.75 Å². The summed E-state index contributed by atoms with van der Waals surface area (Å²) in [4.78, 5) is 22.2. The fourth-order valence-corrected chi connectivity index (χ4v) is 1.75. The smallest absolute Gasteiger partial charge is 0.307 e. The van der Waals surface area contributed by atoms with Crippen LogP contribution in [0.25, 0.3) is 0 Å². The van der Waals surface area contributed by atoms with E-state index in [9.17, 15) is 9.59 Å². The van der Waals surface area contributed by atoms with Crippen molar-refractivity contribution >= 4 is 17.6 Å². The van der Waals surface area contributed by atoms with Gasteiger partial charge in [-0.15, -0.1) is 0 Å². The number of carbonyl (C=O) groups excluding carboxylic acids is 1. The molecule has 1 aliphatic rings. The highest BCUT2D eigenvalue weighted by Crippen LogP contribution is 2.31. The number of nitrogens with one attached hydrogen (secondary N) is 1. The summed E-state index contributed by atoms with van der Waals surface area (Å²) >= 11 is 0. The van der Waals surface area contributed by atoms with Crippen molar-refractivity contribution in [1.82, 2.24) is 0 Å². The van der Waals surface area contributed by atoms with Gasteiger partial charge in [0.25, 0.3) is 5.91 Å². The van der Waals surface area contributed by atoms with Crippen LogP contribution < -0.4 is 10.1 Å². The molecule has 0 spiro atoms. The van der Waals surface area contributed by atoms with Crippen LogP contribution in [0.4, 0.5) is 5.69 Å². The second-order valence-electron chi connectivity index (χ2n) is 3.91. The lowest BCUT2D eigenvalue weighted by atomic mass is 10.1. The molecule has 2 rings (SSSR count). The van der Waals surface area contributed by atoms with Crippen LogP contribution in [-0.2, 0) is 16.0 Å². The van der Waals surface area contributed by atoms with E-state index in [2.05, 4.69) is 5.32 Å². The summed E-state index contributed by atoms with van der Waals surface area (Å²) in [5.41, 5.74) is 1.17. The molecule has 0 saturated heterocycles. The molecule has 2 N–H and O–H groups in total. The Morgan fingerprint density at radius 1 is 1.53 bits per heavy atom. The third-order valence-electron chi connectivity index (χ3n) is 2.59. The SMILES string of the molecule is CCC1Oc2ccc(CC(=O)O)cc2NC1=O. The Kier molecular flexibility index (Phi) is 2.99. The minimum absolute atomic E-state index is 0.0691. The first-order valence-corrected chi connectivity index (χ1v) is 5.42. The molecule has 0 aromatic heterocycles. The van der Waals surface area contributed by atoms with Gasteiger partial charge in [-0.2, -0.15) is 0 Å². The molecule has 1 unspecified atom stereocenters. The van der Waals surface area contributed by atoms with E-state index in [1.165, 1.54) is 0 Å². The largest absolute Gasteiger partial charge is 0.481 e. The molecular weight excluding hydrogens is 222 g/mol. The van der Waals surface area contributed by atoms with E-state index in [1.54, 1.807) is 18.2 Å². The lowest BCUT2D eigenvalue weighted by Gasteiger charge is -2.25. The number of amides is 1. The van der Waals surface area contributed by atoms with Crippen molar-refractivity contribution in [2.24, 2.45) is 0 Å². The molecule has 0 bridgehead atoms. The van der Waals surface area contributed by atoms with Crippen molar-refractivity contribution in [3.05, 3.63) is 23.8 Å². The van der Waals surface area contributed by atoms with Gasteiger partial charge in [0.05, 0.1) is 12.1 Å². The molecular formula is C12H13NO4. The molecule has 0 radical (unpaired) electrons. The topological polar surface area (TPSA) is 75.6 Å². The number of carbonyl (C=O) groups is 2. The predicted molar refractivity (Wildman–Crippen MR) is 61.1 cm³/mol. The maximum Gasteiger partial charge on any atom is 0.307 e. The number of hydrogen-bond acceptors (Lipinski definition) is 3. The van der Waals surface area contributed by atoms with Crippen molar-refractivity contribution < 1.29 is 19.4 Å². The summed E-state index contributed by atoms with van der Waals surface area (Å²) in [5.74, 6) is -0.502. The molecule has 5 heteroatoms. The highest BCUT2D eigenvalue weighted by atomic mass is 16.5. The molecule has 1 aromatic carbocycles. The first-order valence-electron chi connectivity index (χ1n) is 5.42. The number of aliphatic carboxylic acids is 1. The summed E-state index contributed by atoms with van der Waals surface area (Å²) < 4.78 is 5.49. The maximum atomic E-state index is 11.6. The van der Waals surface area contributed by atoms with Crippen molar-refractivity contribution in [2.45, 2.75) is 25.9 Å². The Labute approximate surface area is 98.4 Å². The van der Waals surface area contributed by atoms with Crippen molar-refractivity contribution in [3.8, 4) is 5.75 Å². The van der Waals surface area contributed by atoms with Crippen molar-refractivity contribution in [2.75, 3.05) is 5.32 Å². The molecule has 5 nitrogen and oxygen atoms in total. The molecule has 90 valence electrons. The second-order valence-corrected chi connectivity index (χ2v) is 3.91. The van der Waals surface area contributed by atoms with E-state index in [0.717, 1.165) is 0 Å². The third-order valence-corrected chi connectivity index (χ3v) is 2.59. The zero-order chi connectivity index (χ0) is 12.4. The highest BCUT2D eigenvalue weighted by molar-refractivity contribution is 5.97. The Hall–Kier alpha value is -2.04. The maximum absolute atomic E-state index is 11.6. The van der Waals surface area contributed by atoms with Crippen LogP contribution in [-0.4, -0.2) is 23.1 Å². The minimum Gasteiger partial charge on any atom is -0.481 e. The molecule has 1 aliphatic heterocycles. The van der Waals surface area contributed by atoms with E-state index in [1.807, 2.05) is 6.92 Å². The second kappa shape index (κ2) is 4.45. The monoisotopic (exact) mass is 235 g/mol. The summed E-state index contributed by atoms with van der Waals surface area (Å²) in [6, 6.07) is 5.01. The van der Waals surface area contributed by atoms with Crippen LogP contribution in [0.15, 0.2) is 18.2 Å². The van der Waals surface area contributed by atoms with Crippen LogP contribution in [0.3, 0.4) is 0 Å². The fourth-order valence-electron chi connectivity index (χ4n) is 1.75. The molecule has 1 atom stereocenters. The van der Waals surface area contributed by atoms with Gasteiger partial charge in [-0.3, -0.25) is 9.59 Å². The summed E-state index contributed by atoms with van der Waals surface area (Å²) in [5, 5.41) is 11.4. The number of carboxylic acid groups (broad SMARTS) is 1. The zero-order valence-electron chi connectivity index (χ0n) is 9.40. The third kappa shape index (κ3) is 2.38. The van der Waals surface area contributed by atoms with Crippen LogP contribution in [0.1, 0.15) is 18.9 Å². The van der Waals surface area contributed by atoms with Gasteiger partial charge in [-0.05, 0) is 24.1 Å². The van der Waals surface area contributed by atoms with Gasteiger partial charge in [0.15, 0.2) is 6.10 Å². The number of carboxylic acids is 1. The Morgan fingerprint density at radius 2 is 2.29 bits per heavy atom. The number of fused-ring (bicyclic) bond motifs is 1. The molecule has 1 aromatic rings. The zero-order valence-corrected chi connectivity index (χ0v) is 9.40.